The summed E-state index contributed by atoms with van der Waals surface area (Å²) in [5.41, 5.74) is -0.0673. The van der Waals surface area contributed by atoms with Crippen molar-refractivity contribution in [2.75, 3.05) is 6.61 Å². The molecule has 0 heterocycles. The van der Waals surface area contributed by atoms with Crippen LogP contribution >= 0.6 is 12.6 Å². The van der Waals surface area contributed by atoms with Gasteiger partial charge in [-0.15, -0.1) is 12.6 Å². The molecule has 2 atom stereocenters. The molecule has 0 bridgehead atoms. The van der Waals surface area contributed by atoms with E-state index in [-0.39, 0.29) is 5.44 Å². The summed E-state index contributed by atoms with van der Waals surface area (Å²) in [4.78, 5) is 0. The number of rotatable bonds is 9. The molecule has 0 aromatic carbocycles. The highest BCUT2D eigenvalue weighted by molar-refractivity contribution is 7.80. The molecule has 0 radical (unpaired) electrons. The van der Waals surface area contributed by atoms with E-state index < -0.39 is 8.56 Å². The molecule has 0 N–H and O–H groups in total. The van der Waals surface area contributed by atoms with Crippen LogP contribution in [0.3, 0.4) is 0 Å². The minimum atomic E-state index is -2.03. The van der Waals surface area contributed by atoms with E-state index in [4.69, 9.17) is 14.1 Å². The third-order valence-corrected chi connectivity index (χ3v) is 5.61. The Kier molecular flexibility index (Phi) is 9.04. The predicted octanol–water partition coefficient (Wildman–Crippen LogP) is 3.47. The molecule has 94 valence electrons. The van der Waals surface area contributed by atoms with E-state index >= 15 is 0 Å². The summed E-state index contributed by atoms with van der Waals surface area (Å²) in [6.45, 7) is 6.70. The summed E-state index contributed by atoms with van der Waals surface area (Å²) in [5, 5.41) is 8.43. The second-order valence-corrected chi connectivity index (χ2v) is 8.02. The molecule has 0 aliphatic rings. The lowest BCUT2D eigenvalue weighted by Crippen LogP contribution is -2.40. The Morgan fingerprint density at radius 2 is 2.06 bits per heavy atom. The van der Waals surface area contributed by atoms with Gasteiger partial charge in [0.15, 0.2) is 0 Å². The van der Waals surface area contributed by atoms with Gasteiger partial charge in [0.25, 0.3) is 0 Å². The van der Waals surface area contributed by atoms with Gasteiger partial charge >= 0.3 is 8.56 Å². The molecule has 0 amide bonds. The van der Waals surface area contributed by atoms with E-state index in [0.29, 0.717) is 13.0 Å². The highest BCUT2D eigenvalue weighted by atomic mass is 32.1. The summed E-state index contributed by atoms with van der Waals surface area (Å²) in [6.07, 6.45) is 3.78. The van der Waals surface area contributed by atoms with E-state index in [9.17, 15) is 0 Å². The summed E-state index contributed by atoms with van der Waals surface area (Å²) >= 11 is 4.25. The fraction of sp³-hybridized carbons (Fsp3) is 0.909. The van der Waals surface area contributed by atoms with Crippen LogP contribution in [-0.2, 0) is 8.85 Å². The average Bonchev–Trinajstić information content (AvgIpc) is 2.16. The van der Waals surface area contributed by atoms with E-state index in [2.05, 4.69) is 25.2 Å². The molecule has 0 saturated heterocycles. The number of unbranched alkanes of at least 4 members (excludes halogenated alkanes) is 3. The summed E-state index contributed by atoms with van der Waals surface area (Å²) in [5.74, 6) is 0. The van der Waals surface area contributed by atoms with Crippen LogP contribution in [0.1, 0.15) is 39.5 Å². The average molecular weight is 261 g/mol. The van der Waals surface area contributed by atoms with Crippen LogP contribution in [0.25, 0.3) is 0 Å². The van der Waals surface area contributed by atoms with Gasteiger partial charge in [-0.05, 0) is 32.9 Å². The minimum Gasteiger partial charge on any atom is -0.395 e. The van der Waals surface area contributed by atoms with E-state index in [1.807, 2.05) is 13.8 Å². The van der Waals surface area contributed by atoms with E-state index in [1.54, 1.807) is 0 Å². The molecule has 0 aromatic rings. The maximum atomic E-state index is 8.43. The maximum Gasteiger partial charge on any atom is 0.335 e. The van der Waals surface area contributed by atoms with Gasteiger partial charge in [-0.1, -0.05) is 12.8 Å². The summed E-state index contributed by atoms with van der Waals surface area (Å²) in [6, 6.07) is 3.14. The van der Waals surface area contributed by atoms with Crippen LogP contribution in [0.2, 0.25) is 12.6 Å². The number of nitrogens with zero attached hydrogens (tertiary/aromatic N) is 1. The SMILES string of the molecule is CCO[Si](C)(CCCCCC#N)OC(C)S. The highest BCUT2D eigenvalue weighted by Crippen LogP contribution is 2.21. The van der Waals surface area contributed by atoms with Crippen molar-refractivity contribution in [3.63, 3.8) is 0 Å². The molecule has 0 aliphatic carbocycles. The van der Waals surface area contributed by atoms with Crippen molar-refractivity contribution in [2.45, 2.75) is 57.6 Å². The summed E-state index contributed by atoms with van der Waals surface area (Å²) in [7, 11) is -2.03. The first kappa shape index (κ1) is 16.0. The van der Waals surface area contributed by atoms with Crippen molar-refractivity contribution in [1.82, 2.24) is 0 Å². The fourth-order valence-electron chi connectivity index (χ4n) is 1.66. The lowest BCUT2D eigenvalue weighted by atomic mass is 10.2. The standard InChI is InChI=1S/C11H23NO2SSi/c1-4-13-16(3,14-11(2)15)10-8-6-5-7-9-12/h11,15H,4-8,10H2,1-3H3. The Bertz CT molecular complexity index is 221. The number of thiol groups is 1. The van der Waals surface area contributed by atoms with Gasteiger partial charge < -0.3 is 8.85 Å². The molecular formula is C11H23NO2SSi. The van der Waals surface area contributed by atoms with E-state index in [0.717, 1.165) is 25.3 Å². The molecule has 16 heavy (non-hydrogen) atoms. The number of hydrogen-bond acceptors (Lipinski definition) is 4. The largest absolute Gasteiger partial charge is 0.395 e. The van der Waals surface area contributed by atoms with Crippen molar-refractivity contribution in [3.8, 4) is 6.07 Å². The zero-order valence-corrected chi connectivity index (χ0v) is 12.4. The molecule has 0 rings (SSSR count). The van der Waals surface area contributed by atoms with Crippen molar-refractivity contribution < 1.29 is 8.85 Å². The Morgan fingerprint density at radius 1 is 1.38 bits per heavy atom. The van der Waals surface area contributed by atoms with Gasteiger partial charge in [-0.25, -0.2) is 0 Å². The maximum absolute atomic E-state index is 8.43. The van der Waals surface area contributed by atoms with Gasteiger partial charge in [-0.3, -0.25) is 0 Å². The lowest BCUT2D eigenvalue weighted by molar-refractivity contribution is 0.174. The van der Waals surface area contributed by atoms with Crippen molar-refractivity contribution >= 4 is 21.2 Å². The Hall–Kier alpha value is -0.0231. The van der Waals surface area contributed by atoms with Crippen molar-refractivity contribution in [3.05, 3.63) is 0 Å². The number of hydrogen-bond donors (Lipinski definition) is 1. The molecule has 3 nitrogen and oxygen atoms in total. The monoisotopic (exact) mass is 261 g/mol. The zero-order valence-electron chi connectivity index (χ0n) is 10.5. The van der Waals surface area contributed by atoms with Gasteiger partial charge in [-0.2, -0.15) is 5.26 Å². The molecule has 0 aliphatic heterocycles. The van der Waals surface area contributed by atoms with Crippen LogP contribution in [-0.4, -0.2) is 20.6 Å². The van der Waals surface area contributed by atoms with Crippen LogP contribution in [0.5, 0.6) is 0 Å². The summed E-state index contributed by atoms with van der Waals surface area (Å²) < 4.78 is 11.6. The molecule has 0 spiro atoms. The third-order valence-electron chi connectivity index (χ3n) is 2.29. The quantitative estimate of drug-likeness (QED) is 0.299. The van der Waals surface area contributed by atoms with Crippen LogP contribution in [0, 0.1) is 11.3 Å². The Morgan fingerprint density at radius 3 is 2.56 bits per heavy atom. The zero-order chi connectivity index (χ0) is 12.4. The van der Waals surface area contributed by atoms with Crippen LogP contribution in [0.4, 0.5) is 0 Å². The molecule has 2 unspecified atom stereocenters. The van der Waals surface area contributed by atoms with Crippen molar-refractivity contribution in [1.29, 1.82) is 5.26 Å². The smallest absolute Gasteiger partial charge is 0.335 e. The van der Waals surface area contributed by atoms with Crippen LogP contribution in [0.15, 0.2) is 0 Å². The Labute approximate surface area is 106 Å². The molecular weight excluding hydrogens is 238 g/mol. The second-order valence-electron chi connectivity index (χ2n) is 4.00. The second kappa shape index (κ2) is 9.05. The van der Waals surface area contributed by atoms with Gasteiger partial charge in [0.2, 0.25) is 0 Å². The Balaban J connectivity index is 3.88. The minimum absolute atomic E-state index is 0.0673. The topological polar surface area (TPSA) is 42.2 Å². The third kappa shape index (κ3) is 8.17. The lowest BCUT2D eigenvalue weighted by Gasteiger charge is -2.28. The first-order valence-electron chi connectivity index (χ1n) is 5.91. The van der Waals surface area contributed by atoms with Gasteiger partial charge in [0.1, 0.15) is 0 Å². The van der Waals surface area contributed by atoms with Crippen LogP contribution < -0.4 is 0 Å². The highest BCUT2D eigenvalue weighted by Gasteiger charge is 2.31. The molecule has 0 aromatic heterocycles. The molecule has 5 heteroatoms. The first-order chi connectivity index (χ1) is 7.54. The molecule has 0 fully saturated rings. The molecule has 0 saturated carbocycles. The van der Waals surface area contributed by atoms with Gasteiger partial charge in [0, 0.05) is 13.0 Å². The predicted molar refractivity (Wildman–Crippen MR) is 71.7 cm³/mol. The normalized spacial score (nSPS) is 16.4. The van der Waals surface area contributed by atoms with Gasteiger partial charge in [0.05, 0.1) is 11.5 Å². The fourth-order valence-corrected chi connectivity index (χ4v) is 4.88. The van der Waals surface area contributed by atoms with E-state index in [1.165, 1.54) is 0 Å². The first-order valence-corrected chi connectivity index (χ1v) is 8.95. The number of nitriles is 1. The van der Waals surface area contributed by atoms with Crippen molar-refractivity contribution in [2.24, 2.45) is 0 Å².